The number of furan rings is 1. The zero-order chi connectivity index (χ0) is 17.5. The molecule has 3 rings (SSSR count). The SMILES string of the molecule is COc1ccc(CN(CC(O)COCc2ccco2)CC2CC2)cc1. The lowest BCUT2D eigenvalue weighted by atomic mass is 10.2. The molecular weight excluding hydrogens is 318 g/mol. The highest BCUT2D eigenvalue weighted by Gasteiger charge is 2.25. The van der Waals surface area contributed by atoms with E-state index in [0.717, 1.165) is 30.5 Å². The van der Waals surface area contributed by atoms with Gasteiger partial charge < -0.3 is 19.0 Å². The van der Waals surface area contributed by atoms with Crippen molar-refractivity contribution in [2.24, 2.45) is 5.92 Å². The van der Waals surface area contributed by atoms with Gasteiger partial charge in [-0.3, -0.25) is 4.90 Å². The maximum Gasteiger partial charge on any atom is 0.129 e. The van der Waals surface area contributed by atoms with Gasteiger partial charge in [-0.05, 0) is 48.6 Å². The van der Waals surface area contributed by atoms with Crippen LogP contribution in [-0.4, -0.2) is 42.9 Å². The molecule has 0 saturated heterocycles. The molecule has 1 N–H and O–H groups in total. The molecule has 1 aromatic carbocycles. The summed E-state index contributed by atoms with van der Waals surface area (Å²) < 4.78 is 16.0. The first-order valence-electron chi connectivity index (χ1n) is 8.86. The molecule has 1 aromatic heterocycles. The summed E-state index contributed by atoms with van der Waals surface area (Å²) in [7, 11) is 1.67. The van der Waals surface area contributed by atoms with Crippen LogP contribution in [0.15, 0.2) is 47.1 Å². The van der Waals surface area contributed by atoms with Crippen molar-refractivity contribution >= 4 is 0 Å². The Labute approximate surface area is 149 Å². The van der Waals surface area contributed by atoms with Crippen LogP contribution in [0.2, 0.25) is 0 Å². The molecule has 1 aliphatic rings. The van der Waals surface area contributed by atoms with Crippen LogP contribution in [-0.2, 0) is 17.9 Å². The molecule has 25 heavy (non-hydrogen) atoms. The number of aliphatic hydroxyl groups excluding tert-OH is 1. The van der Waals surface area contributed by atoms with Crippen LogP contribution in [0.5, 0.6) is 5.75 Å². The van der Waals surface area contributed by atoms with Crippen molar-refractivity contribution in [3.8, 4) is 5.75 Å². The fraction of sp³-hybridized carbons (Fsp3) is 0.500. The van der Waals surface area contributed by atoms with Crippen molar-refractivity contribution in [3.05, 3.63) is 54.0 Å². The van der Waals surface area contributed by atoms with E-state index in [0.29, 0.717) is 19.8 Å². The van der Waals surface area contributed by atoms with Crippen LogP contribution >= 0.6 is 0 Å². The second-order valence-electron chi connectivity index (χ2n) is 6.73. The van der Waals surface area contributed by atoms with Gasteiger partial charge in [0.1, 0.15) is 18.1 Å². The van der Waals surface area contributed by atoms with Gasteiger partial charge in [-0.15, -0.1) is 0 Å². The van der Waals surface area contributed by atoms with Crippen LogP contribution in [0.3, 0.4) is 0 Å². The van der Waals surface area contributed by atoms with Crippen LogP contribution in [0, 0.1) is 5.92 Å². The maximum atomic E-state index is 10.3. The van der Waals surface area contributed by atoms with E-state index >= 15 is 0 Å². The van der Waals surface area contributed by atoms with E-state index in [-0.39, 0.29) is 0 Å². The number of benzene rings is 1. The first-order valence-corrected chi connectivity index (χ1v) is 8.86. The molecule has 5 heteroatoms. The predicted octanol–water partition coefficient (Wildman–Crippen LogP) is 3.08. The minimum absolute atomic E-state index is 0.310. The highest BCUT2D eigenvalue weighted by atomic mass is 16.5. The summed E-state index contributed by atoms with van der Waals surface area (Å²) in [6.07, 6.45) is 3.71. The first kappa shape index (κ1) is 18.0. The Morgan fingerprint density at radius 1 is 1.24 bits per heavy atom. The lowest BCUT2D eigenvalue weighted by molar-refractivity contribution is 0.00317. The molecular formula is C20H27NO4. The molecule has 0 spiro atoms. The molecule has 1 unspecified atom stereocenters. The zero-order valence-electron chi connectivity index (χ0n) is 14.8. The van der Waals surface area contributed by atoms with Gasteiger partial charge in [-0.2, -0.15) is 0 Å². The minimum atomic E-state index is -0.507. The van der Waals surface area contributed by atoms with Crippen LogP contribution in [0.1, 0.15) is 24.2 Å². The van der Waals surface area contributed by atoms with Crippen molar-refractivity contribution in [2.45, 2.75) is 32.1 Å². The summed E-state index contributed by atoms with van der Waals surface area (Å²) in [5, 5.41) is 10.3. The third-order valence-electron chi connectivity index (χ3n) is 4.38. The topological polar surface area (TPSA) is 55.1 Å². The summed E-state index contributed by atoms with van der Waals surface area (Å²) in [5.74, 6) is 2.42. The maximum absolute atomic E-state index is 10.3. The highest BCUT2D eigenvalue weighted by Crippen LogP contribution is 2.30. The summed E-state index contributed by atoms with van der Waals surface area (Å²) in [6.45, 7) is 3.17. The number of aliphatic hydroxyl groups is 1. The Balaban J connectivity index is 1.47. The second-order valence-corrected chi connectivity index (χ2v) is 6.73. The van der Waals surface area contributed by atoms with Gasteiger partial charge >= 0.3 is 0 Å². The van der Waals surface area contributed by atoms with Crippen LogP contribution in [0.25, 0.3) is 0 Å². The molecule has 136 valence electrons. The molecule has 5 nitrogen and oxygen atoms in total. The second kappa shape index (κ2) is 9.04. The van der Waals surface area contributed by atoms with Gasteiger partial charge in [0.05, 0.1) is 26.1 Å². The van der Waals surface area contributed by atoms with Crippen molar-refractivity contribution in [1.29, 1.82) is 0 Å². The van der Waals surface area contributed by atoms with E-state index in [9.17, 15) is 5.11 Å². The van der Waals surface area contributed by atoms with E-state index in [2.05, 4.69) is 17.0 Å². The molecule has 0 bridgehead atoms. The Hall–Kier alpha value is -1.82. The molecule has 1 heterocycles. The van der Waals surface area contributed by atoms with Gasteiger partial charge in [0, 0.05) is 19.6 Å². The average Bonchev–Trinajstić information content (AvgIpc) is 3.27. The molecule has 2 aromatic rings. The minimum Gasteiger partial charge on any atom is -0.497 e. The van der Waals surface area contributed by atoms with Crippen LogP contribution < -0.4 is 4.74 Å². The number of rotatable bonds is 11. The van der Waals surface area contributed by atoms with Gasteiger partial charge in [0.15, 0.2) is 0 Å². The normalized spacial score (nSPS) is 15.5. The third-order valence-corrected chi connectivity index (χ3v) is 4.38. The zero-order valence-corrected chi connectivity index (χ0v) is 14.8. The van der Waals surface area contributed by atoms with Gasteiger partial charge in [0.2, 0.25) is 0 Å². The lowest BCUT2D eigenvalue weighted by Gasteiger charge is -2.25. The predicted molar refractivity (Wildman–Crippen MR) is 95.4 cm³/mol. The largest absolute Gasteiger partial charge is 0.497 e. The lowest BCUT2D eigenvalue weighted by Crippen LogP contribution is -2.35. The molecule has 0 amide bonds. The third kappa shape index (κ3) is 6.20. The van der Waals surface area contributed by atoms with Crippen LogP contribution in [0.4, 0.5) is 0 Å². The van der Waals surface area contributed by atoms with E-state index in [4.69, 9.17) is 13.9 Å². The van der Waals surface area contributed by atoms with E-state index in [1.165, 1.54) is 18.4 Å². The number of hydrogen-bond donors (Lipinski definition) is 1. The van der Waals surface area contributed by atoms with Gasteiger partial charge in [0.25, 0.3) is 0 Å². The number of ether oxygens (including phenoxy) is 2. The highest BCUT2D eigenvalue weighted by molar-refractivity contribution is 5.27. The molecule has 1 atom stereocenters. The Morgan fingerprint density at radius 3 is 2.68 bits per heavy atom. The standard InChI is InChI=1S/C20H27NO4/c1-23-19-8-6-17(7-9-19)12-21(11-16-4-5-16)13-18(22)14-24-15-20-3-2-10-25-20/h2-3,6-10,16,18,22H,4-5,11-15H2,1H3. The number of nitrogens with zero attached hydrogens (tertiary/aromatic N) is 1. The van der Waals surface area contributed by atoms with Crippen molar-refractivity contribution in [2.75, 3.05) is 26.8 Å². The Kier molecular flexibility index (Phi) is 6.50. The summed E-state index contributed by atoms with van der Waals surface area (Å²) in [6, 6.07) is 11.8. The van der Waals surface area contributed by atoms with Crippen molar-refractivity contribution in [3.63, 3.8) is 0 Å². The molecule has 0 aliphatic heterocycles. The Morgan fingerprint density at radius 2 is 2.04 bits per heavy atom. The van der Waals surface area contributed by atoms with E-state index in [1.54, 1.807) is 13.4 Å². The fourth-order valence-electron chi connectivity index (χ4n) is 2.90. The average molecular weight is 345 g/mol. The first-order chi connectivity index (χ1) is 12.2. The van der Waals surface area contributed by atoms with Crippen molar-refractivity contribution < 1.29 is 19.0 Å². The summed E-state index contributed by atoms with van der Waals surface area (Å²) in [4.78, 5) is 2.32. The monoisotopic (exact) mass is 345 g/mol. The molecule has 1 fully saturated rings. The summed E-state index contributed by atoms with van der Waals surface area (Å²) in [5.41, 5.74) is 1.23. The quantitative estimate of drug-likeness (QED) is 0.678. The van der Waals surface area contributed by atoms with E-state index < -0.39 is 6.10 Å². The smallest absolute Gasteiger partial charge is 0.129 e. The van der Waals surface area contributed by atoms with E-state index in [1.807, 2.05) is 24.3 Å². The van der Waals surface area contributed by atoms with Gasteiger partial charge in [-0.1, -0.05) is 12.1 Å². The molecule has 0 radical (unpaired) electrons. The number of methoxy groups -OCH3 is 1. The summed E-state index contributed by atoms with van der Waals surface area (Å²) >= 11 is 0. The molecule has 1 saturated carbocycles. The molecule has 1 aliphatic carbocycles. The van der Waals surface area contributed by atoms with Crippen molar-refractivity contribution in [1.82, 2.24) is 4.90 Å². The Bertz CT molecular complexity index is 607. The fourth-order valence-corrected chi connectivity index (χ4v) is 2.90. The number of hydrogen-bond acceptors (Lipinski definition) is 5. The van der Waals surface area contributed by atoms with Gasteiger partial charge in [-0.25, -0.2) is 0 Å².